The molecule has 1 heterocycles. The summed E-state index contributed by atoms with van der Waals surface area (Å²) in [7, 11) is 1.62. The first-order valence-electron chi connectivity index (χ1n) is 7.92. The quantitative estimate of drug-likeness (QED) is 0.832. The number of hydrogen-bond donors (Lipinski definition) is 0. The van der Waals surface area contributed by atoms with Gasteiger partial charge in [-0.3, -0.25) is 4.90 Å². The van der Waals surface area contributed by atoms with Gasteiger partial charge in [0.1, 0.15) is 12.8 Å². The van der Waals surface area contributed by atoms with Gasteiger partial charge in [-0.2, -0.15) is 0 Å². The van der Waals surface area contributed by atoms with Gasteiger partial charge in [-0.1, -0.05) is 51.1 Å². The molecule has 2 rings (SSSR count). The number of rotatable bonds is 2. The summed E-state index contributed by atoms with van der Waals surface area (Å²) in [5.41, 5.74) is 0.767. The van der Waals surface area contributed by atoms with Crippen LogP contribution in [0.2, 0.25) is 0 Å². The standard InChI is InChI=1S/C18H26N2O3/c1-13-11-15(22-5)19-16(18(2,3)4)20(13)17(21)23-12-14-9-7-6-8-10-14/h6-10,13,16H,11-12H2,1-5H3/t13-,16-/m0/s1. The average Bonchev–Trinajstić information content (AvgIpc) is 2.52. The van der Waals surface area contributed by atoms with Crippen molar-refractivity contribution in [3.8, 4) is 0 Å². The Hall–Kier alpha value is -2.04. The number of nitrogens with zero attached hydrogens (tertiary/aromatic N) is 2. The minimum absolute atomic E-state index is 0.0186. The number of benzene rings is 1. The highest BCUT2D eigenvalue weighted by Gasteiger charge is 2.40. The van der Waals surface area contributed by atoms with E-state index in [1.54, 1.807) is 12.0 Å². The summed E-state index contributed by atoms with van der Waals surface area (Å²) in [6.45, 7) is 8.44. The fourth-order valence-corrected chi connectivity index (χ4v) is 2.66. The first kappa shape index (κ1) is 17.3. The maximum absolute atomic E-state index is 12.6. The molecule has 0 N–H and O–H groups in total. The molecule has 23 heavy (non-hydrogen) atoms. The molecule has 0 fully saturated rings. The van der Waals surface area contributed by atoms with Crippen molar-refractivity contribution < 1.29 is 14.3 Å². The average molecular weight is 318 g/mol. The Morgan fingerprint density at radius 1 is 1.30 bits per heavy atom. The number of carbonyl (C=O) groups excluding carboxylic acids is 1. The second kappa shape index (κ2) is 7.02. The van der Waals surface area contributed by atoms with E-state index in [0.717, 1.165) is 5.56 Å². The Bertz CT molecular complexity index is 563. The van der Waals surface area contributed by atoms with Crippen molar-refractivity contribution in [3.05, 3.63) is 35.9 Å². The summed E-state index contributed by atoms with van der Waals surface area (Å²) in [5, 5.41) is 0. The van der Waals surface area contributed by atoms with Crippen LogP contribution >= 0.6 is 0 Å². The highest BCUT2D eigenvalue weighted by molar-refractivity contribution is 5.80. The summed E-state index contributed by atoms with van der Waals surface area (Å²) < 4.78 is 10.8. The van der Waals surface area contributed by atoms with Crippen LogP contribution in [0, 0.1) is 5.41 Å². The van der Waals surface area contributed by atoms with E-state index in [9.17, 15) is 4.79 Å². The van der Waals surface area contributed by atoms with Crippen molar-refractivity contribution in [2.45, 2.75) is 52.9 Å². The van der Waals surface area contributed by atoms with E-state index in [0.29, 0.717) is 12.3 Å². The summed E-state index contributed by atoms with van der Waals surface area (Å²) in [5.74, 6) is 0.685. The topological polar surface area (TPSA) is 51.1 Å². The molecule has 0 radical (unpaired) electrons. The van der Waals surface area contributed by atoms with Gasteiger partial charge in [0.15, 0.2) is 5.90 Å². The predicted molar refractivity (Wildman–Crippen MR) is 90.2 cm³/mol. The lowest BCUT2D eigenvalue weighted by atomic mass is 9.89. The molecule has 5 heteroatoms. The van der Waals surface area contributed by atoms with Crippen LogP contribution in [0.25, 0.3) is 0 Å². The van der Waals surface area contributed by atoms with Crippen molar-refractivity contribution in [3.63, 3.8) is 0 Å². The van der Waals surface area contributed by atoms with E-state index < -0.39 is 0 Å². The molecule has 5 nitrogen and oxygen atoms in total. The third-order valence-electron chi connectivity index (χ3n) is 3.90. The van der Waals surface area contributed by atoms with E-state index in [-0.39, 0.29) is 30.3 Å². The molecule has 1 aliphatic heterocycles. The number of amides is 1. The second-order valence-corrected chi connectivity index (χ2v) is 6.97. The zero-order valence-corrected chi connectivity index (χ0v) is 14.6. The lowest BCUT2D eigenvalue weighted by Crippen LogP contribution is -2.54. The fourth-order valence-electron chi connectivity index (χ4n) is 2.66. The Morgan fingerprint density at radius 2 is 1.96 bits per heavy atom. The van der Waals surface area contributed by atoms with Gasteiger partial charge >= 0.3 is 6.09 Å². The molecule has 2 atom stereocenters. The van der Waals surface area contributed by atoms with E-state index in [4.69, 9.17) is 9.47 Å². The lowest BCUT2D eigenvalue weighted by Gasteiger charge is -2.43. The minimum Gasteiger partial charge on any atom is -0.484 e. The molecule has 126 valence electrons. The third-order valence-corrected chi connectivity index (χ3v) is 3.90. The molecular formula is C18H26N2O3. The maximum Gasteiger partial charge on any atom is 0.412 e. The van der Waals surface area contributed by atoms with Crippen molar-refractivity contribution in [2.24, 2.45) is 10.4 Å². The SMILES string of the molecule is COC1=N[C@H](C(C)(C)C)N(C(=O)OCc2ccccc2)[C@@H](C)C1. The summed E-state index contributed by atoms with van der Waals surface area (Å²) in [4.78, 5) is 19.0. The largest absolute Gasteiger partial charge is 0.484 e. The fraction of sp³-hybridized carbons (Fsp3) is 0.556. The van der Waals surface area contributed by atoms with Crippen LogP contribution in [0.1, 0.15) is 39.7 Å². The highest BCUT2D eigenvalue weighted by Crippen LogP contribution is 2.32. The zero-order valence-electron chi connectivity index (χ0n) is 14.6. The molecule has 0 aliphatic carbocycles. The van der Waals surface area contributed by atoms with Crippen LogP contribution in [-0.4, -0.2) is 36.2 Å². The van der Waals surface area contributed by atoms with Gasteiger partial charge in [0.2, 0.25) is 0 Å². The number of carbonyl (C=O) groups is 1. The van der Waals surface area contributed by atoms with Crippen molar-refractivity contribution in [1.82, 2.24) is 4.90 Å². The van der Waals surface area contributed by atoms with Gasteiger partial charge in [-0.25, -0.2) is 9.79 Å². The molecule has 0 bridgehead atoms. The molecule has 0 unspecified atom stereocenters. The van der Waals surface area contributed by atoms with Crippen molar-refractivity contribution in [1.29, 1.82) is 0 Å². The maximum atomic E-state index is 12.6. The second-order valence-electron chi connectivity index (χ2n) is 6.97. The normalized spacial score (nSPS) is 21.6. The Labute approximate surface area is 138 Å². The smallest absolute Gasteiger partial charge is 0.412 e. The van der Waals surface area contributed by atoms with Crippen LogP contribution < -0.4 is 0 Å². The molecule has 0 saturated carbocycles. The number of ether oxygens (including phenoxy) is 2. The van der Waals surface area contributed by atoms with Crippen molar-refractivity contribution in [2.75, 3.05) is 7.11 Å². The Balaban J connectivity index is 2.14. The minimum atomic E-state index is -0.333. The Kier molecular flexibility index (Phi) is 5.29. The molecule has 0 saturated heterocycles. The van der Waals surface area contributed by atoms with Crippen LogP contribution in [0.4, 0.5) is 4.79 Å². The van der Waals surface area contributed by atoms with Gasteiger partial charge in [0.25, 0.3) is 0 Å². The molecule has 1 aromatic rings. The number of hydrogen-bond acceptors (Lipinski definition) is 4. The molecule has 0 aromatic heterocycles. The van der Waals surface area contributed by atoms with Gasteiger partial charge in [0.05, 0.1) is 7.11 Å². The third kappa shape index (κ3) is 4.24. The van der Waals surface area contributed by atoms with Gasteiger partial charge in [-0.05, 0) is 12.5 Å². The van der Waals surface area contributed by atoms with Crippen LogP contribution in [0.3, 0.4) is 0 Å². The Morgan fingerprint density at radius 3 is 2.52 bits per heavy atom. The highest BCUT2D eigenvalue weighted by atomic mass is 16.6. The predicted octanol–water partition coefficient (Wildman–Crippen LogP) is 3.83. The molecule has 0 spiro atoms. The van der Waals surface area contributed by atoms with E-state index in [2.05, 4.69) is 25.8 Å². The molecule has 1 aliphatic rings. The summed E-state index contributed by atoms with van der Waals surface area (Å²) >= 11 is 0. The van der Waals surface area contributed by atoms with Crippen LogP contribution in [-0.2, 0) is 16.1 Å². The zero-order chi connectivity index (χ0) is 17.0. The number of aliphatic imine (C=N–C) groups is 1. The molecular weight excluding hydrogens is 292 g/mol. The van der Waals surface area contributed by atoms with Gasteiger partial charge in [0, 0.05) is 17.9 Å². The van der Waals surface area contributed by atoms with E-state index in [1.165, 1.54) is 0 Å². The van der Waals surface area contributed by atoms with Crippen LogP contribution in [0.15, 0.2) is 35.3 Å². The van der Waals surface area contributed by atoms with Gasteiger partial charge < -0.3 is 9.47 Å². The monoisotopic (exact) mass is 318 g/mol. The molecule has 1 amide bonds. The first-order valence-corrected chi connectivity index (χ1v) is 7.92. The molecule has 1 aromatic carbocycles. The summed E-state index contributed by atoms with van der Waals surface area (Å²) in [6.07, 6.45) is -0.0339. The van der Waals surface area contributed by atoms with E-state index in [1.807, 2.05) is 37.3 Å². The van der Waals surface area contributed by atoms with E-state index >= 15 is 0 Å². The van der Waals surface area contributed by atoms with Crippen molar-refractivity contribution >= 4 is 12.0 Å². The van der Waals surface area contributed by atoms with Gasteiger partial charge in [-0.15, -0.1) is 0 Å². The summed E-state index contributed by atoms with van der Waals surface area (Å²) in [6, 6.07) is 9.66. The lowest BCUT2D eigenvalue weighted by molar-refractivity contribution is 0.0297. The van der Waals surface area contributed by atoms with Crippen LogP contribution in [0.5, 0.6) is 0 Å². The number of methoxy groups -OCH3 is 1. The first-order chi connectivity index (χ1) is 10.8.